The first-order valence-electron chi connectivity index (χ1n) is 7.47. The SMILES string of the molecule is COc1ccccc1N1CCN(C(=O)C(C)C(C)N)CC1. The molecule has 5 nitrogen and oxygen atoms in total. The summed E-state index contributed by atoms with van der Waals surface area (Å²) in [4.78, 5) is 16.5. The Labute approximate surface area is 126 Å². The van der Waals surface area contributed by atoms with Gasteiger partial charge in [-0.25, -0.2) is 0 Å². The first-order chi connectivity index (χ1) is 10.0. The molecule has 1 aliphatic heterocycles. The van der Waals surface area contributed by atoms with Crippen molar-refractivity contribution in [1.82, 2.24) is 4.90 Å². The van der Waals surface area contributed by atoms with Crippen LogP contribution in [0, 0.1) is 5.92 Å². The topological polar surface area (TPSA) is 58.8 Å². The number of ether oxygens (including phenoxy) is 1. The highest BCUT2D eigenvalue weighted by atomic mass is 16.5. The van der Waals surface area contributed by atoms with E-state index in [0.29, 0.717) is 0 Å². The van der Waals surface area contributed by atoms with Crippen molar-refractivity contribution in [3.05, 3.63) is 24.3 Å². The zero-order valence-electron chi connectivity index (χ0n) is 13.1. The van der Waals surface area contributed by atoms with Crippen LogP contribution in [0.2, 0.25) is 0 Å². The molecule has 1 heterocycles. The largest absolute Gasteiger partial charge is 0.495 e. The molecule has 2 N–H and O–H groups in total. The number of piperazine rings is 1. The van der Waals surface area contributed by atoms with Crippen molar-refractivity contribution >= 4 is 11.6 Å². The van der Waals surface area contributed by atoms with Gasteiger partial charge in [-0.3, -0.25) is 4.79 Å². The standard InChI is InChI=1S/C16H25N3O2/c1-12(13(2)17)16(20)19-10-8-18(9-11-19)14-6-4-5-7-15(14)21-3/h4-7,12-13H,8-11,17H2,1-3H3. The van der Waals surface area contributed by atoms with Gasteiger partial charge in [-0.2, -0.15) is 0 Å². The third-order valence-electron chi connectivity index (χ3n) is 4.20. The van der Waals surface area contributed by atoms with Crippen molar-refractivity contribution in [2.75, 3.05) is 38.2 Å². The minimum Gasteiger partial charge on any atom is -0.495 e. The second kappa shape index (κ2) is 6.80. The van der Waals surface area contributed by atoms with Gasteiger partial charge in [0.1, 0.15) is 5.75 Å². The van der Waals surface area contributed by atoms with Crippen LogP contribution in [0.3, 0.4) is 0 Å². The maximum absolute atomic E-state index is 12.3. The minimum absolute atomic E-state index is 0.107. The van der Waals surface area contributed by atoms with E-state index in [1.54, 1.807) is 7.11 Å². The number of carbonyl (C=O) groups excluding carboxylic acids is 1. The second-order valence-electron chi connectivity index (χ2n) is 5.63. The highest BCUT2D eigenvalue weighted by Gasteiger charge is 2.27. The zero-order valence-corrected chi connectivity index (χ0v) is 13.1. The number of nitrogens with zero attached hydrogens (tertiary/aromatic N) is 2. The van der Waals surface area contributed by atoms with Gasteiger partial charge < -0.3 is 20.3 Å². The summed E-state index contributed by atoms with van der Waals surface area (Å²) in [6.45, 7) is 6.88. The summed E-state index contributed by atoms with van der Waals surface area (Å²) in [5.41, 5.74) is 6.92. The molecular formula is C16H25N3O2. The number of anilines is 1. The molecule has 0 saturated carbocycles. The molecule has 0 radical (unpaired) electrons. The molecule has 2 atom stereocenters. The number of benzene rings is 1. The molecular weight excluding hydrogens is 266 g/mol. The molecule has 1 aromatic rings. The van der Waals surface area contributed by atoms with E-state index in [1.165, 1.54) is 0 Å². The zero-order chi connectivity index (χ0) is 15.4. The van der Waals surface area contributed by atoms with Crippen molar-refractivity contribution in [2.45, 2.75) is 19.9 Å². The molecule has 1 amide bonds. The molecule has 0 spiro atoms. The lowest BCUT2D eigenvalue weighted by atomic mass is 10.0. The Morgan fingerprint density at radius 1 is 1.19 bits per heavy atom. The smallest absolute Gasteiger partial charge is 0.227 e. The van der Waals surface area contributed by atoms with Crippen molar-refractivity contribution in [1.29, 1.82) is 0 Å². The van der Waals surface area contributed by atoms with Crippen molar-refractivity contribution < 1.29 is 9.53 Å². The highest BCUT2D eigenvalue weighted by Crippen LogP contribution is 2.28. The van der Waals surface area contributed by atoms with Gasteiger partial charge in [0, 0.05) is 32.2 Å². The molecule has 2 unspecified atom stereocenters. The number of amides is 1. The van der Waals surface area contributed by atoms with E-state index in [-0.39, 0.29) is 17.9 Å². The van der Waals surface area contributed by atoms with E-state index in [0.717, 1.165) is 37.6 Å². The minimum atomic E-state index is -0.122. The first kappa shape index (κ1) is 15.6. The Morgan fingerprint density at radius 3 is 2.38 bits per heavy atom. The fraction of sp³-hybridized carbons (Fsp3) is 0.562. The van der Waals surface area contributed by atoms with Crippen molar-refractivity contribution in [2.24, 2.45) is 11.7 Å². The quantitative estimate of drug-likeness (QED) is 0.909. The summed E-state index contributed by atoms with van der Waals surface area (Å²) < 4.78 is 5.40. The molecule has 5 heteroatoms. The van der Waals surface area contributed by atoms with Crippen LogP contribution in [0.15, 0.2) is 24.3 Å². The van der Waals surface area contributed by atoms with E-state index in [4.69, 9.17) is 10.5 Å². The molecule has 1 aliphatic rings. The number of methoxy groups -OCH3 is 1. The van der Waals surface area contributed by atoms with Gasteiger partial charge in [-0.05, 0) is 19.1 Å². The summed E-state index contributed by atoms with van der Waals surface area (Å²) in [5.74, 6) is 0.911. The molecule has 0 aliphatic carbocycles. The van der Waals surface area contributed by atoms with Gasteiger partial charge in [-0.1, -0.05) is 19.1 Å². The lowest BCUT2D eigenvalue weighted by Gasteiger charge is -2.38. The average Bonchev–Trinajstić information content (AvgIpc) is 2.53. The summed E-state index contributed by atoms with van der Waals surface area (Å²) >= 11 is 0. The number of nitrogens with two attached hydrogens (primary N) is 1. The predicted molar refractivity (Wildman–Crippen MR) is 84.6 cm³/mol. The van der Waals surface area contributed by atoms with Crippen LogP contribution >= 0.6 is 0 Å². The van der Waals surface area contributed by atoms with Crippen LogP contribution in [0.1, 0.15) is 13.8 Å². The summed E-state index contributed by atoms with van der Waals surface area (Å²) in [6, 6.07) is 7.89. The summed E-state index contributed by atoms with van der Waals surface area (Å²) in [6.07, 6.45) is 0. The molecule has 1 fully saturated rings. The third kappa shape index (κ3) is 3.47. The Balaban J connectivity index is 1.99. The number of carbonyl (C=O) groups is 1. The van der Waals surface area contributed by atoms with Gasteiger partial charge in [0.2, 0.25) is 5.91 Å². The third-order valence-corrected chi connectivity index (χ3v) is 4.20. The molecule has 116 valence electrons. The van der Waals surface area contributed by atoms with Gasteiger partial charge in [0.05, 0.1) is 18.7 Å². The van der Waals surface area contributed by atoms with E-state index in [2.05, 4.69) is 11.0 Å². The van der Waals surface area contributed by atoms with E-state index in [1.807, 2.05) is 36.9 Å². The Kier molecular flexibility index (Phi) is 5.07. The fourth-order valence-electron chi connectivity index (χ4n) is 2.57. The Morgan fingerprint density at radius 2 is 1.81 bits per heavy atom. The Hall–Kier alpha value is -1.75. The highest BCUT2D eigenvalue weighted by molar-refractivity contribution is 5.79. The van der Waals surface area contributed by atoms with Crippen molar-refractivity contribution in [3.8, 4) is 5.75 Å². The summed E-state index contributed by atoms with van der Waals surface area (Å²) in [7, 11) is 1.68. The molecule has 0 bridgehead atoms. The van der Waals surface area contributed by atoms with E-state index >= 15 is 0 Å². The molecule has 21 heavy (non-hydrogen) atoms. The van der Waals surface area contributed by atoms with Crippen LogP contribution in [-0.2, 0) is 4.79 Å². The second-order valence-corrected chi connectivity index (χ2v) is 5.63. The van der Waals surface area contributed by atoms with E-state index in [9.17, 15) is 4.79 Å². The average molecular weight is 291 g/mol. The van der Waals surface area contributed by atoms with Gasteiger partial charge >= 0.3 is 0 Å². The number of hydrogen-bond acceptors (Lipinski definition) is 4. The first-order valence-corrected chi connectivity index (χ1v) is 7.47. The summed E-state index contributed by atoms with van der Waals surface area (Å²) in [5, 5.41) is 0. The fourth-order valence-corrected chi connectivity index (χ4v) is 2.57. The predicted octanol–water partition coefficient (Wildman–Crippen LogP) is 1.33. The Bertz CT molecular complexity index is 482. The number of rotatable bonds is 4. The maximum Gasteiger partial charge on any atom is 0.227 e. The van der Waals surface area contributed by atoms with Crippen LogP contribution in [-0.4, -0.2) is 50.1 Å². The molecule has 1 aromatic carbocycles. The van der Waals surface area contributed by atoms with Gasteiger partial charge in [0.15, 0.2) is 0 Å². The van der Waals surface area contributed by atoms with Gasteiger partial charge in [0.25, 0.3) is 0 Å². The number of para-hydroxylation sites is 2. The lowest BCUT2D eigenvalue weighted by molar-refractivity contribution is -0.135. The van der Waals surface area contributed by atoms with Gasteiger partial charge in [-0.15, -0.1) is 0 Å². The van der Waals surface area contributed by atoms with Crippen LogP contribution < -0.4 is 15.4 Å². The van der Waals surface area contributed by atoms with Crippen LogP contribution in [0.5, 0.6) is 5.75 Å². The van der Waals surface area contributed by atoms with E-state index < -0.39 is 0 Å². The molecule has 1 saturated heterocycles. The lowest BCUT2D eigenvalue weighted by Crippen LogP contribution is -2.52. The number of hydrogen-bond donors (Lipinski definition) is 1. The van der Waals surface area contributed by atoms with Crippen molar-refractivity contribution in [3.63, 3.8) is 0 Å². The van der Waals surface area contributed by atoms with Crippen LogP contribution in [0.25, 0.3) is 0 Å². The maximum atomic E-state index is 12.3. The molecule has 0 aromatic heterocycles. The van der Waals surface area contributed by atoms with Crippen LogP contribution in [0.4, 0.5) is 5.69 Å². The normalized spacial score (nSPS) is 18.3. The monoisotopic (exact) mass is 291 g/mol. The molecule has 2 rings (SSSR count).